The van der Waals surface area contributed by atoms with Crippen LogP contribution < -0.4 is 11.1 Å². The molecule has 1 aromatic rings. The summed E-state index contributed by atoms with van der Waals surface area (Å²) in [5.74, 6) is -2.68. The molecule has 2 rings (SSSR count). The van der Waals surface area contributed by atoms with Crippen molar-refractivity contribution in [2.75, 3.05) is 17.6 Å². The van der Waals surface area contributed by atoms with E-state index in [-0.39, 0.29) is 6.54 Å². The molecule has 0 bridgehead atoms. The highest BCUT2D eigenvalue weighted by Crippen LogP contribution is 2.26. The summed E-state index contributed by atoms with van der Waals surface area (Å²) in [6.45, 7) is 2.53. The Labute approximate surface area is 105 Å². The van der Waals surface area contributed by atoms with Gasteiger partial charge in [-0.1, -0.05) is 6.92 Å². The molecule has 1 aliphatic rings. The van der Waals surface area contributed by atoms with Crippen molar-refractivity contribution in [1.29, 1.82) is 0 Å². The molecule has 3 N–H and O–H groups in total. The number of hydrogen-bond donors (Lipinski definition) is 2. The second kappa shape index (κ2) is 4.66. The molecule has 0 aliphatic heterocycles. The molecule has 0 saturated carbocycles. The molecule has 4 nitrogen and oxygen atoms in total. The second-order valence-electron chi connectivity index (χ2n) is 4.95. The number of alkyl halides is 2. The molecule has 0 aromatic carbocycles. The molecule has 1 atom stereocenters. The van der Waals surface area contributed by atoms with Gasteiger partial charge in [0, 0.05) is 18.0 Å². The van der Waals surface area contributed by atoms with Crippen LogP contribution in [0.4, 0.5) is 20.5 Å². The lowest BCUT2D eigenvalue weighted by atomic mass is 10.1. The number of rotatable bonds is 4. The maximum atomic E-state index is 13.0. The fourth-order valence-corrected chi connectivity index (χ4v) is 1.96. The molecule has 18 heavy (non-hydrogen) atoms. The summed E-state index contributed by atoms with van der Waals surface area (Å²) in [6.07, 6.45) is 2.82. The van der Waals surface area contributed by atoms with Crippen molar-refractivity contribution in [3.8, 4) is 0 Å². The van der Waals surface area contributed by atoms with Crippen LogP contribution in [0.1, 0.15) is 31.5 Å². The Kier molecular flexibility index (Phi) is 3.36. The molecular weight excluding hydrogens is 238 g/mol. The summed E-state index contributed by atoms with van der Waals surface area (Å²) in [6, 6.07) is 0. The zero-order valence-electron chi connectivity index (χ0n) is 10.6. The first-order chi connectivity index (χ1) is 8.38. The van der Waals surface area contributed by atoms with Crippen molar-refractivity contribution < 1.29 is 8.78 Å². The van der Waals surface area contributed by atoms with Crippen LogP contribution in [0.5, 0.6) is 0 Å². The fraction of sp³-hybridized carbons (Fsp3) is 0.667. The highest BCUT2D eigenvalue weighted by atomic mass is 19.3. The largest absolute Gasteiger partial charge is 0.383 e. The first-order valence-electron chi connectivity index (χ1n) is 6.15. The number of aromatic nitrogens is 2. The number of fused-ring (bicyclic) bond motifs is 1. The van der Waals surface area contributed by atoms with Gasteiger partial charge in [0.1, 0.15) is 5.82 Å². The number of halogens is 2. The zero-order valence-corrected chi connectivity index (χ0v) is 10.6. The van der Waals surface area contributed by atoms with E-state index in [1.165, 1.54) is 6.92 Å². The van der Waals surface area contributed by atoms with E-state index in [9.17, 15) is 8.78 Å². The Hall–Kier alpha value is -1.46. The Morgan fingerprint density at radius 1 is 1.39 bits per heavy atom. The first kappa shape index (κ1) is 13.0. The van der Waals surface area contributed by atoms with E-state index < -0.39 is 11.8 Å². The van der Waals surface area contributed by atoms with Gasteiger partial charge in [0.2, 0.25) is 11.9 Å². The van der Waals surface area contributed by atoms with Gasteiger partial charge in [0.25, 0.3) is 0 Å². The second-order valence-corrected chi connectivity index (χ2v) is 4.95. The van der Waals surface area contributed by atoms with Crippen LogP contribution >= 0.6 is 0 Å². The molecular formula is C12H18F2N4. The van der Waals surface area contributed by atoms with E-state index >= 15 is 0 Å². The minimum Gasteiger partial charge on any atom is -0.383 e. The summed E-state index contributed by atoms with van der Waals surface area (Å²) < 4.78 is 26.0. The number of aryl methyl sites for hydroxylation is 1. The average Bonchev–Trinajstić information content (AvgIpc) is 2.73. The van der Waals surface area contributed by atoms with Crippen molar-refractivity contribution in [3.05, 3.63) is 11.3 Å². The van der Waals surface area contributed by atoms with Gasteiger partial charge in [0.05, 0.1) is 5.69 Å². The molecule has 6 heteroatoms. The maximum Gasteiger partial charge on any atom is 0.249 e. The molecule has 0 saturated heterocycles. The monoisotopic (exact) mass is 256 g/mol. The van der Waals surface area contributed by atoms with E-state index in [4.69, 9.17) is 5.73 Å². The Morgan fingerprint density at radius 3 is 2.78 bits per heavy atom. The fourth-order valence-electron chi connectivity index (χ4n) is 1.96. The summed E-state index contributed by atoms with van der Waals surface area (Å²) in [5, 5.41) is 2.84. The minimum atomic E-state index is -2.71. The van der Waals surface area contributed by atoms with Crippen LogP contribution in [0, 0.1) is 5.92 Å². The summed E-state index contributed by atoms with van der Waals surface area (Å²) in [7, 11) is 0. The molecule has 1 heterocycles. The molecule has 100 valence electrons. The number of nitrogens with two attached hydrogens (primary N) is 1. The Morgan fingerprint density at radius 2 is 2.11 bits per heavy atom. The quantitative estimate of drug-likeness (QED) is 0.867. The third kappa shape index (κ3) is 2.68. The molecule has 1 aliphatic carbocycles. The third-order valence-electron chi connectivity index (χ3n) is 3.40. The number of nitrogens with zero attached hydrogens (tertiary/aromatic N) is 2. The summed E-state index contributed by atoms with van der Waals surface area (Å²) in [5.41, 5.74) is 7.78. The average molecular weight is 256 g/mol. The number of anilines is 2. The topological polar surface area (TPSA) is 63.8 Å². The third-order valence-corrected chi connectivity index (χ3v) is 3.40. The smallest absolute Gasteiger partial charge is 0.249 e. The van der Waals surface area contributed by atoms with Gasteiger partial charge in [-0.15, -0.1) is 0 Å². The van der Waals surface area contributed by atoms with Gasteiger partial charge in [-0.25, -0.2) is 13.8 Å². The van der Waals surface area contributed by atoms with Crippen molar-refractivity contribution in [2.24, 2.45) is 5.92 Å². The molecule has 0 fully saturated rings. The van der Waals surface area contributed by atoms with E-state index in [1.807, 2.05) is 0 Å². The van der Waals surface area contributed by atoms with Gasteiger partial charge in [-0.05, 0) is 26.2 Å². The predicted molar refractivity (Wildman–Crippen MR) is 66.7 cm³/mol. The zero-order chi connectivity index (χ0) is 13.3. The van der Waals surface area contributed by atoms with Crippen LogP contribution in [-0.2, 0) is 12.8 Å². The molecule has 1 unspecified atom stereocenters. The van der Waals surface area contributed by atoms with Gasteiger partial charge in [-0.2, -0.15) is 4.98 Å². The lowest BCUT2D eigenvalue weighted by Crippen LogP contribution is -2.28. The first-order valence-corrected chi connectivity index (χ1v) is 6.15. The normalized spacial score (nSPS) is 16.4. The van der Waals surface area contributed by atoms with Gasteiger partial charge in [0.15, 0.2) is 0 Å². The van der Waals surface area contributed by atoms with Crippen molar-refractivity contribution in [3.63, 3.8) is 0 Å². The Bertz CT molecular complexity index is 442. The van der Waals surface area contributed by atoms with E-state index in [0.29, 0.717) is 11.8 Å². The molecule has 0 radical (unpaired) electrons. The van der Waals surface area contributed by atoms with Crippen molar-refractivity contribution in [1.82, 2.24) is 9.97 Å². The van der Waals surface area contributed by atoms with Crippen LogP contribution in [-0.4, -0.2) is 22.4 Å². The number of hydrogen-bond acceptors (Lipinski definition) is 4. The van der Waals surface area contributed by atoms with E-state index in [0.717, 1.165) is 37.4 Å². The standard InChI is InChI=1S/C12H18F2N4/c1-7(12(2,13)14)6-16-11-17-9-5-3-4-8(9)10(15)18-11/h7H,3-6H2,1-2H3,(H3,15,16,17,18). The lowest BCUT2D eigenvalue weighted by Gasteiger charge is -2.19. The molecule has 0 amide bonds. The minimum absolute atomic E-state index is 0.127. The van der Waals surface area contributed by atoms with Gasteiger partial charge < -0.3 is 11.1 Å². The lowest BCUT2D eigenvalue weighted by molar-refractivity contribution is -0.0271. The van der Waals surface area contributed by atoms with Crippen LogP contribution in [0.25, 0.3) is 0 Å². The molecule has 1 aromatic heterocycles. The predicted octanol–water partition coefficient (Wildman–Crippen LogP) is 2.25. The highest BCUT2D eigenvalue weighted by Gasteiger charge is 2.30. The van der Waals surface area contributed by atoms with Crippen LogP contribution in [0.3, 0.4) is 0 Å². The van der Waals surface area contributed by atoms with Crippen LogP contribution in [0.15, 0.2) is 0 Å². The van der Waals surface area contributed by atoms with Gasteiger partial charge >= 0.3 is 0 Å². The molecule has 0 spiro atoms. The highest BCUT2D eigenvalue weighted by molar-refractivity contribution is 5.49. The number of nitrogen functional groups attached to an aromatic ring is 1. The van der Waals surface area contributed by atoms with Crippen LogP contribution in [0.2, 0.25) is 0 Å². The summed E-state index contributed by atoms with van der Waals surface area (Å²) in [4.78, 5) is 8.43. The maximum absolute atomic E-state index is 13.0. The summed E-state index contributed by atoms with van der Waals surface area (Å²) >= 11 is 0. The van der Waals surface area contributed by atoms with Crippen molar-refractivity contribution >= 4 is 11.8 Å². The van der Waals surface area contributed by atoms with Gasteiger partial charge in [-0.3, -0.25) is 0 Å². The number of nitrogens with one attached hydrogen (secondary N) is 1. The van der Waals surface area contributed by atoms with Crippen molar-refractivity contribution in [2.45, 2.75) is 39.0 Å². The Balaban J connectivity index is 2.05. The van der Waals surface area contributed by atoms with E-state index in [2.05, 4.69) is 15.3 Å². The van der Waals surface area contributed by atoms with E-state index in [1.54, 1.807) is 0 Å². The SMILES string of the molecule is CC(CNc1nc(N)c2c(n1)CCC2)C(C)(F)F.